The average Bonchev–Trinajstić information content (AvgIpc) is 3.22. The smallest absolute Gasteiger partial charge is 0.339 e. The number of ketones is 1. The first kappa shape index (κ1) is 29.5. The van der Waals surface area contributed by atoms with E-state index in [4.69, 9.17) is 27.4 Å². The zero-order valence-electron chi connectivity index (χ0n) is 22.2. The highest BCUT2D eigenvalue weighted by Gasteiger charge is 2.51. The van der Waals surface area contributed by atoms with E-state index >= 15 is 0 Å². The zero-order valence-corrected chi connectivity index (χ0v) is 24.5. The number of amides is 3. The maximum Gasteiger partial charge on any atom is 0.339 e. The molecule has 0 bridgehead atoms. The van der Waals surface area contributed by atoms with E-state index in [2.05, 4.69) is 0 Å². The Hall–Kier alpha value is -3.99. The summed E-state index contributed by atoms with van der Waals surface area (Å²) in [5.74, 6) is -3.83. The molecule has 1 aliphatic carbocycles. The monoisotopic (exact) mass is 626 g/mol. The van der Waals surface area contributed by atoms with Crippen LogP contribution in [0.1, 0.15) is 39.1 Å². The Kier molecular flexibility index (Phi) is 8.23. The van der Waals surface area contributed by atoms with Gasteiger partial charge in [-0.05, 0) is 74.4 Å². The fraction of sp³-hybridized carbons (Fsp3) is 0.200. The summed E-state index contributed by atoms with van der Waals surface area (Å²) in [6, 6.07) is 15.5. The van der Waals surface area contributed by atoms with Crippen molar-refractivity contribution in [2.45, 2.75) is 24.7 Å². The van der Waals surface area contributed by atoms with Gasteiger partial charge in [0.25, 0.3) is 17.7 Å². The largest absolute Gasteiger partial charge is 0.379 e. The summed E-state index contributed by atoms with van der Waals surface area (Å²) in [5, 5.41) is 1.88. The Labute approximate surface area is 252 Å². The fourth-order valence-corrected chi connectivity index (χ4v) is 6.06. The maximum atomic E-state index is 13.6. The van der Waals surface area contributed by atoms with Crippen LogP contribution in [0.15, 0.2) is 83.8 Å². The van der Waals surface area contributed by atoms with E-state index in [-0.39, 0.29) is 31.8 Å². The first-order valence-electron chi connectivity index (χ1n) is 12.9. The van der Waals surface area contributed by atoms with E-state index in [1.165, 1.54) is 54.6 Å². The minimum Gasteiger partial charge on any atom is -0.379 e. The van der Waals surface area contributed by atoms with Gasteiger partial charge in [-0.25, -0.2) is 5.01 Å². The van der Waals surface area contributed by atoms with Gasteiger partial charge < -0.3 is 4.18 Å². The molecule has 0 unspecified atom stereocenters. The SMILES string of the molecule is Cc1ccc(S(=O)(=O)Oc2ccc(C(=O)CN(C(=O)c3ccc(Cl)c(Cl)c3)N3C(=O)[C@@H]4CC=CC[C@H]4C3=O)cc2)cc1. The van der Waals surface area contributed by atoms with Crippen LogP contribution in [0.4, 0.5) is 0 Å². The molecule has 0 radical (unpaired) electrons. The van der Waals surface area contributed by atoms with Crippen LogP contribution < -0.4 is 4.18 Å². The molecule has 0 spiro atoms. The molecule has 3 aromatic rings. The van der Waals surface area contributed by atoms with Gasteiger partial charge in [-0.3, -0.25) is 19.2 Å². The minimum absolute atomic E-state index is 0.0239. The molecule has 2 aliphatic rings. The number of fused-ring (bicyclic) bond motifs is 1. The number of aryl methyl sites for hydroxylation is 1. The quantitative estimate of drug-likeness (QED) is 0.145. The number of benzene rings is 3. The van der Waals surface area contributed by atoms with E-state index in [1.807, 2.05) is 19.1 Å². The predicted molar refractivity (Wildman–Crippen MR) is 154 cm³/mol. The number of nitrogens with zero attached hydrogens (tertiary/aromatic N) is 2. The Morgan fingerprint density at radius 2 is 1.43 bits per heavy atom. The van der Waals surface area contributed by atoms with Crippen molar-refractivity contribution in [3.8, 4) is 5.75 Å². The van der Waals surface area contributed by atoms with Gasteiger partial charge in [-0.15, -0.1) is 0 Å². The summed E-state index contributed by atoms with van der Waals surface area (Å²) in [6.07, 6.45) is 4.33. The van der Waals surface area contributed by atoms with Gasteiger partial charge in [-0.2, -0.15) is 13.4 Å². The molecule has 0 aromatic heterocycles. The van der Waals surface area contributed by atoms with Gasteiger partial charge in [0.2, 0.25) is 0 Å². The number of Topliss-reactive ketones (excluding diaryl/α,β-unsaturated/α-hetero) is 1. The van der Waals surface area contributed by atoms with E-state index in [0.29, 0.717) is 12.8 Å². The van der Waals surface area contributed by atoms with E-state index in [9.17, 15) is 27.6 Å². The number of carbonyl (C=O) groups is 4. The van der Waals surface area contributed by atoms with Crippen molar-refractivity contribution >= 4 is 56.8 Å². The molecule has 0 N–H and O–H groups in total. The molecule has 1 heterocycles. The Morgan fingerprint density at radius 3 is 2.00 bits per heavy atom. The summed E-state index contributed by atoms with van der Waals surface area (Å²) in [4.78, 5) is 53.7. The molecule has 5 rings (SSSR count). The summed E-state index contributed by atoms with van der Waals surface area (Å²) >= 11 is 12.1. The number of allylic oxidation sites excluding steroid dienone is 2. The number of rotatable bonds is 8. The summed E-state index contributed by atoms with van der Waals surface area (Å²) in [6.45, 7) is 1.18. The minimum atomic E-state index is -4.11. The van der Waals surface area contributed by atoms with Gasteiger partial charge in [0.05, 0.1) is 21.9 Å². The molecule has 216 valence electrons. The second-order valence-corrected chi connectivity index (χ2v) is 12.3. The van der Waals surface area contributed by atoms with Crippen molar-refractivity contribution in [3.05, 3.63) is 106 Å². The second-order valence-electron chi connectivity index (χ2n) is 9.93. The number of hydrogen-bond donors (Lipinski definition) is 0. The summed E-state index contributed by atoms with van der Waals surface area (Å²) in [7, 11) is -4.11. The lowest BCUT2D eigenvalue weighted by atomic mass is 9.85. The van der Waals surface area contributed by atoms with Crippen molar-refractivity contribution in [1.29, 1.82) is 0 Å². The first-order chi connectivity index (χ1) is 20.0. The first-order valence-corrected chi connectivity index (χ1v) is 15.1. The third-order valence-electron chi connectivity index (χ3n) is 7.11. The number of hydrogen-bond acceptors (Lipinski definition) is 7. The molecule has 1 saturated heterocycles. The number of hydrazine groups is 1. The van der Waals surface area contributed by atoms with E-state index < -0.39 is 52.0 Å². The normalized spacial score (nSPS) is 18.1. The van der Waals surface area contributed by atoms with Crippen LogP contribution in [0.3, 0.4) is 0 Å². The fourth-order valence-electron chi connectivity index (χ4n) is 4.84. The summed E-state index contributed by atoms with van der Waals surface area (Å²) < 4.78 is 30.4. The van der Waals surface area contributed by atoms with Crippen LogP contribution in [0.2, 0.25) is 10.0 Å². The maximum absolute atomic E-state index is 13.6. The van der Waals surface area contributed by atoms with Crippen LogP contribution in [0.5, 0.6) is 5.75 Å². The lowest BCUT2D eigenvalue weighted by molar-refractivity contribution is -0.154. The molecule has 1 fully saturated rings. The Balaban J connectivity index is 1.40. The van der Waals surface area contributed by atoms with Crippen LogP contribution >= 0.6 is 23.2 Å². The van der Waals surface area contributed by atoms with Gasteiger partial charge in [-0.1, -0.05) is 53.1 Å². The van der Waals surface area contributed by atoms with Crippen molar-refractivity contribution < 1.29 is 31.8 Å². The Bertz CT molecular complexity index is 1700. The standard InChI is InChI=1S/C30H24Cl2N2O7S/c1-18-6-13-22(14-7-18)42(39,40)41-21-11-8-19(9-12-21)27(35)17-33(28(36)20-10-15-25(31)26(32)16-20)34-29(37)23-4-2-3-5-24(23)30(34)38/h2-3,6-16,23-24H,4-5,17H2,1H3/t23-,24-/m1/s1. The van der Waals surface area contributed by atoms with Gasteiger partial charge >= 0.3 is 10.1 Å². The average molecular weight is 628 g/mol. The molecule has 42 heavy (non-hydrogen) atoms. The number of halogens is 2. The van der Waals surface area contributed by atoms with Crippen molar-refractivity contribution in [2.24, 2.45) is 11.8 Å². The molecule has 12 heteroatoms. The van der Waals surface area contributed by atoms with E-state index in [1.54, 1.807) is 12.1 Å². The second kappa shape index (κ2) is 11.7. The van der Waals surface area contributed by atoms with Crippen LogP contribution in [0, 0.1) is 18.8 Å². The van der Waals surface area contributed by atoms with E-state index in [0.717, 1.165) is 15.6 Å². The summed E-state index contributed by atoms with van der Waals surface area (Å²) in [5.41, 5.74) is 1.01. The zero-order chi connectivity index (χ0) is 30.2. The van der Waals surface area contributed by atoms with Crippen LogP contribution in [0.25, 0.3) is 0 Å². The molecular weight excluding hydrogens is 603 g/mol. The van der Waals surface area contributed by atoms with Crippen molar-refractivity contribution in [1.82, 2.24) is 10.0 Å². The number of imide groups is 1. The highest BCUT2D eigenvalue weighted by Crippen LogP contribution is 2.36. The third kappa shape index (κ3) is 5.83. The highest BCUT2D eigenvalue weighted by molar-refractivity contribution is 7.87. The predicted octanol–water partition coefficient (Wildman–Crippen LogP) is 5.26. The van der Waals surface area contributed by atoms with Crippen molar-refractivity contribution in [2.75, 3.05) is 6.54 Å². The van der Waals surface area contributed by atoms with Gasteiger partial charge in [0.15, 0.2) is 5.78 Å². The molecule has 3 aromatic carbocycles. The molecular formula is C30H24Cl2N2O7S. The molecule has 0 saturated carbocycles. The molecule has 3 amide bonds. The van der Waals surface area contributed by atoms with Crippen LogP contribution in [-0.2, 0) is 19.7 Å². The Morgan fingerprint density at radius 1 is 0.857 bits per heavy atom. The van der Waals surface area contributed by atoms with Crippen LogP contribution in [-0.4, -0.2) is 48.5 Å². The molecule has 1 aliphatic heterocycles. The number of carbonyl (C=O) groups excluding carboxylic acids is 4. The lowest BCUT2D eigenvalue weighted by Crippen LogP contribution is -2.52. The highest BCUT2D eigenvalue weighted by atomic mass is 35.5. The van der Waals surface area contributed by atoms with Gasteiger partial charge in [0.1, 0.15) is 17.2 Å². The molecule has 9 nitrogen and oxygen atoms in total. The topological polar surface area (TPSA) is 118 Å². The lowest BCUT2D eigenvalue weighted by Gasteiger charge is -2.30. The third-order valence-corrected chi connectivity index (χ3v) is 9.11. The van der Waals surface area contributed by atoms with Crippen molar-refractivity contribution in [3.63, 3.8) is 0 Å². The van der Waals surface area contributed by atoms with Gasteiger partial charge in [0, 0.05) is 11.1 Å². The molecule has 2 atom stereocenters.